The molecule has 0 spiro atoms. The second-order valence-corrected chi connectivity index (χ2v) is 11.7. The van der Waals surface area contributed by atoms with E-state index < -0.39 is 10.2 Å². The predicted octanol–water partition coefficient (Wildman–Crippen LogP) is -0.422. The van der Waals surface area contributed by atoms with Crippen LogP contribution < -0.4 is 21.7 Å². The van der Waals surface area contributed by atoms with Gasteiger partial charge in [-0.1, -0.05) is 0 Å². The monoisotopic (exact) mass is 464 g/mol. The minimum atomic E-state index is -3.54. The van der Waals surface area contributed by atoms with E-state index in [-0.39, 0.29) is 23.7 Å². The van der Waals surface area contributed by atoms with Gasteiger partial charge in [-0.25, -0.2) is 4.57 Å². The lowest BCUT2D eigenvalue weighted by Crippen LogP contribution is -3.00. The van der Waals surface area contributed by atoms with Crippen LogP contribution in [0.2, 0.25) is 0 Å². The number of rotatable bonds is 5. The fraction of sp³-hybridized carbons (Fsp3) is 0.545. The molecule has 0 radical (unpaired) electrons. The Labute approximate surface area is 190 Å². The molecule has 2 aromatic rings. The van der Waals surface area contributed by atoms with E-state index in [0.717, 1.165) is 48.4 Å². The van der Waals surface area contributed by atoms with Crippen LogP contribution in [0.25, 0.3) is 5.69 Å². The van der Waals surface area contributed by atoms with E-state index in [0.29, 0.717) is 0 Å². The van der Waals surface area contributed by atoms with Crippen molar-refractivity contribution in [1.29, 1.82) is 0 Å². The van der Waals surface area contributed by atoms with Gasteiger partial charge < -0.3 is 17.7 Å². The Balaban J connectivity index is 0.00000231. The van der Waals surface area contributed by atoms with Crippen LogP contribution in [0.3, 0.4) is 0 Å². The summed E-state index contributed by atoms with van der Waals surface area (Å²) >= 11 is 0. The fourth-order valence-electron chi connectivity index (χ4n) is 6.18. The maximum atomic E-state index is 13.2. The zero-order valence-corrected chi connectivity index (χ0v) is 19.4. The Hall–Kier alpha value is -1.90. The summed E-state index contributed by atoms with van der Waals surface area (Å²) in [6.45, 7) is 0. The SMILES string of the molecule is CN(C)S(=O)(=O)[n+]1ccn(-c2ccc(NC(=O)C34CC5CC(CC(C5)C3)C4)cc2)c1.[Cl-]. The second kappa shape index (κ2) is 7.90. The standard InChI is InChI=1S/C22H28N4O3S.ClH/c1-24(2)30(28,29)26-8-7-25(15-26)20-5-3-19(4-6-20)23-21(27)22-12-16-9-17(13-22)11-18(10-16)14-22;/h3-8,15-18H,9-14H2,1-2H3;1H. The molecule has 0 unspecified atom stereocenters. The van der Waals surface area contributed by atoms with Crippen molar-refractivity contribution < 1.29 is 29.6 Å². The molecule has 4 bridgehead atoms. The van der Waals surface area contributed by atoms with Crippen molar-refractivity contribution in [3.8, 4) is 5.69 Å². The molecular weight excluding hydrogens is 436 g/mol. The van der Waals surface area contributed by atoms with Gasteiger partial charge in [0, 0.05) is 19.8 Å². The molecule has 1 aromatic carbocycles. The molecule has 0 atom stereocenters. The van der Waals surface area contributed by atoms with Gasteiger partial charge in [0.2, 0.25) is 5.91 Å². The molecule has 168 valence electrons. The van der Waals surface area contributed by atoms with Crippen LogP contribution in [0.4, 0.5) is 5.69 Å². The average molecular weight is 465 g/mol. The van der Waals surface area contributed by atoms with Gasteiger partial charge in [0.1, 0.15) is 18.1 Å². The largest absolute Gasteiger partial charge is 1.00 e. The molecule has 1 heterocycles. The summed E-state index contributed by atoms with van der Waals surface area (Å²) in [6, 6.07) is 7.56. The Morgan fingerprint density at radius 3 is 2.13 bits per heavy atom. The third-order valence-corrected chi connectivity index (χ3v) is 8.96. The summed E-state index contributed by atoms with van der Waals surface area (Å²) in [6.07, 6.45) is 11.8. The zero-order chi connectivity index (χ0) is 21.1. The van der Waals surface area contributed by atoms with Gasteiger partial charge in [0.25, 0.3) is 6.33 Å². The number of nitrogens with one attached hydrogen (secondary N) is 1. The number of hydrogen-bond donors (Lipinski definition) is 1. The van der Waals surface area contributed by atoms with Gasteiger partial charge in [-0.2, -0.15) is 12.7 Å². The van der Waals surface area contributed by atoms with Crippen LogP contribution in [0.15, 0.2) is 43.0 Å². The van der Waals surface area contributed by atoms with Crippen molar-refractivity contribution in [3.63, 3.8) is 0 Å². The summed E-state index contributed by atoms with van der Waals surface area (Å²) < 4.78 is 28.6. The lowest BCUT2D eigenvalue weighted by Gasteiger charge is -2.55. The first-order valence-corrected chi connectivity index (χ1v) is 12.1. The molecule has 9 heteroatoms. The molecule has 1 aromatic heterocycles. The van der Waals surface area contributed by atoms with Crippen molar-refractivity contribution >= 4 is 21.8 Å². The van der Waals surface area contributed by atoms with Gasteiger partial charge in [-0.3, -0.25) is 4.79 Å². The van der Waals surface area contributed by atoms with E-state index in [1.807, 2.05) is 24.3 Å². The van der Waals surface area contributed by atoms with Crippen molar-refractivity contribution in [3.05, 3.63) is 43.0 Å². The number of nitrogens with zero attached hydrogens (tertiary/aromatic N) is 3. The number of hydrogen-bond acceptors (Lipinski definition) is 3. The molecule has 4 saturated carbocycles. The van der Waals surface area contributed by atoms with Crippen LogP contribution in [0.1, 0.15) is 38.5 Å². The third-order valence-electron chi connectivity index (χ3n) is 7.28. The number of aromatic nitrogens is 2. The molecule has 4 aliphatic carbocycles. The quantitative estimate of drug-likeness (QED) is 0.611. The second-order valence-electron chi connectivity index (χ2n) is 9.64. The number of carbonyl (C=O) groups excluding carboxylic acids is 1. The maximum Gasteiger partial charge on any atom is 0.379 e. The van der Waals surface area contributed by atoms with Crippen molar-refractivity contribution in [2.45, 2.75) is 38.5 Å². The number of carbonyl (C=O) groups is 1. The Morgan fingerprint density at radius 2 is 1.61 bits per heavy atom. The summed E-state index contributed by atoms with van der Waals surface area (Å²) in [5.74, 6) is 2.40. The molecule has 6 rings (SSSR count). The molecule has 31 heavy (non-hydrogen) atoms. The number of benzene rings is 1. The topological polar surface area (TPSA) is 75.3 Å². The highest BCUT2D eigenvalue weighted by Gasteiger charge is 2.54. The Kier molecular flexibility index (Phi) is 5.69. The van der Waals surface area contributed by atoms with E-state index >= 15 is 0 Å². The Morgan fingerprint density at radius 1 is 1.06 bits per heavy atom. The summed E-state index contributed by atoms with van der Waals surface area (Å²) in [5.41, 5.74) is 1.45. The van der Waals surface area contributed by atoms with E-state index in [9.17, 15) is 13.2 Å². The van der Waals surface area contributed by atoms with Gasteiger partial charge in [-0.15, -0.1) is 3.97 Å². The fourth-order valence-corrected chi connectivity index (χ4v) is 6.99. The van der Waals surface area contributed by atoms with Crippen LogP contribution in [-0.2, 0) is 15.0 Å². The number of halogens is 1. The normalized spacial score (nSPS) is 29.1. The number of imidazole rings is 1. The minimum Gasteiger partial charge on any atom is -1.00 e. The predicted molar refractivity (Wildman–Crippen MR) is 113 cm³/mol. The van der Waals surface area contributed by atoms with Crippen molar-refractivity contribution in [2.24, 2.45) is 23.2 Å². The molecule has 0 aliphatic heterocycles. The lowest BCUT2D eigenvalue weighted by molar-refractivity contribution is -0.514. The summed E-state index contributed by atoms with van der Waals surface area (Å²) in [5, 5.41) is 3.17. The molecule has 1 amide bonds. The third kappa shape index (κ3) is 3.90. The van der Waals surface area contributed by atoms with E-state index in [1.165, 1.54) is 54.2 Å². The first-order chi connectivity index (χ1) is 14.2. The zero-order valence-electron chi connectivity index (χ0n) is 17.9. The summed E-state index contributed by atoms with van der Waals surface area (Å²) in [4.78, 5) is 13.2. The molecule has 4 aliphatic rings. The van der Waals surface area contributed by atoms with Gasteiger partial charge in [-0.05, 0) is 80.5 Å². The molecule has 0 saturated heterocycles. The molecule has 7 nitrogen and oxygen atoms in total. The minimum absolute atomic E-state index is 0. The van der Waals surface area contributed by atoms with E-state index in [4.69, 9.17) is 0 Å². The smallest absolute Gasteiger partial charge is 0.379 e. The van der Waals surface area contributed by atoms with Crippen LogP contribution in [-0.4, -0.2) is 37.3 Å². The number of anilines is 1. The van der Waals surface area contributed by atoms with Gasteiger partial charge in [0.15, 0.2) is 0 Å². The van der Waals surface area contributed by atoms with Crippen LogP contribution >= 0.6 is 0 Å². The van der Waals surface area contributed by atoms with E-state index in [2.05, 4.69) is 5.32 Å². The first-order valence-electron chi connectivity index (χ1n) is 10.7. The highest BCUT2D eigenvalue weighted by Crippen LogP contribution is 2.60. The van der Waals surface area contributed by atoms with Gasteiger partial charge in [0.05, 0.1) is 5.41 Å². The van der Waals surface area contributed by atoms with Crippen molar-refractivity contribution in [1.82, 2.24) is 8.87 Å². The lowest BCUT2D eigenvalue weighted by atomic mass is 9.49. The summed E-state index contributed by atoms with van der Waals surface area (Å²) in [7, 11) is -0.536. The first kappa shape index (κ1) is 22.3. The maximum absolute atomic E-state index is 13.2. The molecule has 4 fully saturated rings. The highest BCUT2D eigenvalue weighted by molar-refractivity contribution is 7.82. The Bertz CT molecular complexity index is 1040. The van der Waals surface area contributed by atoms with Crippen LogP contribution in [0.5, 0.6) is 0 Å². The number of amides is 1. The van der Waals surface area contributed by atoms with Crippen molar-refractivity contribution in [2.75, 3.05) is 19.4 Å². The van der Waals surface area contributed by atoms with Gasteiger partial charge >= 0.3 is 10.2 Å². The van der Waals surface area contributed by atoms with E-state index in [1.54, 1.807) is 10.8 Å². The highest BCUT2D eigenvalue weighted by atomic mass is 35.5. The van der Waals surface area contributed by atoms with Crippen LogP contribution in [0, 0.1) is 23.2 Å². The average Bonchev–Trinajstić information content (AvgIpc) is 3.18. The molecular formula is C22H29ClN4O3S. The molecule has 1 N–H and O–H groups in total.